The summed E-state index contributed by atoms with van der Waals surface area (Å²) in [7, 11) is 0. The van der Waals surface area contributed by atoms with E-state index in [1.54, 1.807) is 0 Å². The minimum atomic E-state index is 0.171. The predicted molar refractivity (Wildman–Crippen MR) is 60.0 cm³/mol. The second-order valence-corrected chi connectivity index (χ2v) is 5.00. The number of hydrogen-bond acceptors (Lipinski definition) is 2. The lowest BCUT2D eigenvalue weighted by atomic mass is 10.7. The highest BCUT2D eigenvalue weighted by atomic mass is 32.2. The van der Waals surface area contributed by atoms with Gasteiger partial charge in [-0.05, 0) is 18.6 Å². The molecule has 0 N–H and O–H groups in total. The lowest BCUT2D eigenvalue weighted by Crippen LogP contribution is -2.24. The minimum absolute atomic E-state index is 0.171. The van der Waals surface area contributed by atoms with Crippen molar-refractivity contribution < 1.29 is 0 Å². The van der Waals surface area contributed by atoms with Gasteiger partial charge in [-0.3, -0.25) is 9.13 Å². The molecule has 78 valence electrons. The van der Waals surface area contributed by atoms with Gasteiger partial charge in [-0.1, -0.05) is 6.92 Å². The molecule has 0 aromatic carbocycles. The Bertz CT molecular complexity index is 351. The molecule has 1 aliphatic rings. The molecule has 1 aromatic heterocycles. The van der Waals surface area contributed by atoms with Crippen molar-refractivity contribution in [1.82, 2.24) is 9.13 Å². The fourth-order valence-corrected chi connectivity index (χ4v) is 2.15. The van der Waals surface area contributed by atoms with Crippen molar-refractivity contribution in [3.63, 3.8) is 0 Å². The van der Waals surface area contributed by atoms with E-state index >= 15 is 0 Å². The van der Waals surface area contributed by atoms with Crippen LogP contribution in [0.5, 0.6) is 0 Å². The summed E-state index contributed by atoms with van der Waals surface area (Å²) in [5, 5.41) is 0. The first kappa shape index (κ1) is 9.90. The molecule has 0 amide bonds. The van der Waals surface area contributed by atoms with E-state index in [1.807, 2.05) is 33.3 Å². The zero-order valence-corrected chi connectivity index (χ0v) is 9.30. The van der Waals surface area contributed by atoms with Gasteiger partial charge in [0.05, 0.1) is 0 Å². The van der Waals surface area contributed by atoms with Crippen LogP contribution in [0.2, 0.25) is 0 Å². The van der Waals surface area contributed by atoms with Crippen molar-refractivity contribution in [2.24, 2.45) is 0 Å². The highest BCUT2D eigenvalue weighted by Gasteiger charge is 2.25. The van der Waals surface area contributed by atoms with E-state index in [2.05, 4.69) is 6.92 Å². The van der Waals surface area contributed by atoms with E-state index < -0.39 is 0 Å². The van der Waals surface area contributed by atoms with Gasteiger partial charge in [-0.15, -0.1) is 0 Å². The second-order valence-electron chi connectivity index (χ2n) is 3.61. The first-order valence-electron chi connectivity index (χ1n) is 5.18. The van der Waals surface area contributed by atoms with Crippen molar-refractivity contribution in [1.29, 1.82) is 0 Å². The lowest BCUT2D eigenvalue weighted by Gasteiger charge is -2.00. The van der Waals surface area contributed by atoms with Crippen molar-refractivity contribution >= 4 is 11.8 Å². The molecule has 0 aliphatic heterocycles. The predicted octanol–water partition coefficient (Wildman–Crippen LogP) is 1.74. The van der Waals surface area contributed by atoms with Gasteiger partial charge in [0, 0.05) is 30.7 Å². The van der Waals surface area contributed by atoms with Crippen LogP contribution in [0.1, 0.15) is 25.8 Å². The summed E-state index contributed by atoms with van der Waals surface area (Å²) in [5.74, 6) is 2.16. The number of imidazole rings is 1. The smallest absolute Gasteiger partial charge is 0.298 e. The molecule has 1 heterocycles. The van der Waals surface area contributed by atoms with Gasteiger partial charge >= 0.3 is 5.69 Å². The Kier molecular flexibility index (Phi) is 3.01. The Labute approximate surface area is 88.1 Å². The standard InChI is InChI=1S/C10H16N2OS/c1-2-14-8-7-11-5-6-12(10(11)13)9-3-4-9/h5-6,9H,2-4,7-8H2,1H3. The zero-order chi connectivity index (χ0) is 9.97. The first-order valence-corrected chi connectivity index (χ1v) is 6.33. The fraction of sp³-hybridized carbons (Fsp3) is 0.700. The average molecular weight is 212 g/mol. The van der Waals surface area contributed by atoms with E-state index in [1.165, 1.54) is 12.8 Å². The third-order valence-corrected chi connectivity index (χ3v) is 3.37. The van der Waals surface area contributed by atoms with E-state index in [4.69, 9.17) is 0 Å². The van der Waals surface area contributed by atoms with Crippen LogP contribution in [-0.4, -0.2) is 20.6 Å². The van der Waals surface area contributed by atoms with Crippen LogP contribution in [0.25, 0.3) is 0 Å². The van der Waals surface area contributed by atoms with Gasteiger partial charge in [-0.2, -0.15) is 11.8 Å². The van der Waals surface area contributed by atoms with Crippen LogP contribution in [0.3, 0.4) is 0 Å². The van der Waals surface area contributed by atoms with Crippen LogP contribution in [0.15, 0.2) is 17.2 Å². The maximum atomic E-state index is 11.8. The molecule has 0 atom stereocenters. The third-order valence-electron chi connectivity index (χ3n) is 2.49. The van der Waals surface area contributed by atoms with Crippen LogP contribution in [0, 0.1) is 0 Å². The van der Waals surface area contributed by atoms with E-state index in [-0.39, 0.29) is 5.69 Å². The minimum Gasteiger partial charge on any atom is -0.298 e. The van der Waals surface area contributed by atoms with Gasteiger partial charge in [0.1, 0.15) is 0 Å². The summed E-state index contributed by atoms with van der Waals surface area (Å²) in [6.45, 7) is 2.99. The zero-order valence-electron chi connectivity index (χ0n) is 8.48. The summed E-state index contributed by atoms with van der Waals surface area (Å²) >= 11 is 1.88. The summed E-state index contributed by atoms with van der Waals surface area (Å²) < 4.78 is 3.69. The van der Waals surface area contributed by atoms with Gasteiger partial charge in [0.15, 0.2) is 0 Å². The van der Waals surface area contributed by atoms with Crippen molar-refractivity contribution in [2.45, 2.75) is 32.4 Å². The molecule has 2 rings (SSSR count). The molecule has 1 aliphatic carbocycles. The molecule has 0 unspecified atom stereocenters. The monoisotopic (exact) mass is 212 g/mol. The maximum Gasteiger partial charge on any atom is 0.328 e. The summed E-state index contributed by atoms with van der Waals surface area (Å²) in [6, 6.07) is 0.502. The molecule has 0 radical (unpaired) electrons. The molecule has 0 spiro atoms. The molecule has 1 saturated carbocycles. The molecular formula is C10H16N2OS. The summed E-state index contributed by atoms with van der Waals surface area (Å²) in [5.41, 5.74) is 0.171. The Morgan fingerprint density at radius 2 is 2.29 bits per heavy atom. The van der Waals surface area contributed by atoms with E-state index in [9.17, 15) is 4.79 Å². The second kappa shape index (κ2) is 4.26. The van der Waals surface area contributed by atoms with Gasteiger partial charge < -0.3 is 0 Å². The average Bonchev–Trinajstić information content (AvgIpc) is 2.95. The number of hydrogen-bond donors (Lipinski definition) is 0. The number of aryl methyl sites for hydroxylation is 1. The number of thioether (sulfide) groups is 1. The Balaban J connectivity index is 2.00. The molecule has 3 nitrogen and oxygen atoms in total. The number of rotatable bonds is 5. The van der Waals surface area contributed by atoms with E-state index in [0.29, 0.717) is 6.04 Å². The van der Waals surface area contributed by atoms with Crippen LogP contribution in [-0.2, 0) is 6.54 Å². The van der Waals surface area contributed by atoms with Crippen molar-refractivity contribution in [2.75, 3.05) is 11.5 Å². The van der Waals surface area contributed by atoms with Gasteiger partial charge in [-0.25, -0.2) is 4.79 Å². The lowest BCUT2D eigenvalue weighted by molar-refractivity contribution is 0.648. The molecule has 0 saturated heterocycles. The molecule has 4 heteroatoms. The van der Waals surface area contributed by atoms with Crippen LogP contribution in [0.4, 0.5) is 0 Å². The molecule has 1 aromatic rings. The Hall–Kier alpha value is -0.640. The van der Waals surface area contributed by atoms with Crippen molar-refractivity contribution in [3.8, 4) is 0 Å². The van der Waals surface area contributed by atoms with Crippen LogP contribution >= 0.6 is 11.8 Å². The molecular weight excluding hydrogens is 196 g/mol. The van der Waals surface area contributed by atoms with E-state index in [0.717, 1.165) is 18.1 Å². The quantitative estimate of drug-likeness (QED) is 0.695. The third kappa shape index (κ3) is 2.05. The topological polar surface area (TPSA) is 26.9 Å². The SMILES string of the molecule is CCSCCn1ccn(C2CC2)c1=O. The summed E-state index contributed by atoms with van der Waals surface area (Å²) in [4.78, 5) is 11.8. The van der Waals surface area contributed by atoms with Crippen LogP contribution < -0.4 is 5.69 Å². The Morgan fingerprint density at radius 1 is 1.50 bits per heavy atom. The summed E-state index contributed by atoms with van der Waals surface area (Å²) in [6.07, 6.45) is 6.19. The Morgan fingerprint density at radius 3 is 2.93 bits per heavy atom. The van der Waals surface area contributed by atoms with Crippen molar-refractivity contribution in [3.05, 3.63) is 22.9 Å². The first-order chi connectivity index (χ1) is 6.83. The highest BCUT2D eigenvalue weighted by molar-refractivity contribution is 7.99. The largest absolute Gasteiger partial charge is 0.328 e. The molecule has 14 heavy (non-hydrogen) atoms. The van der Waals surface area contributed by atoms with Gasteiger partial charge in [0.25, 0.3) is 0 Å². The fourth-order valence-electron chi connectivity index (χ4n) is 1.54. The number of aromatic nitrogens is 2. The van der Waals surface area contributed by atoms with Gasteiger partial charge in [0.2, 0.25) is 0 Å². The highest BCUT2D eigenvalue weighted by Crippen LogP contribution is 2.33. The molecule has 1 fully saturated rings. The number of nitrogens with zero attached hydrogens (tertiary/aromatic N) is 2. The normalized spacial score (nSPS) is 16.1. The molecule has 0 bridgehead atoms. The maximum absolute atomic E-state index is 11.8.